The van der Waals surface area contributed by atoms with Crippen LogP contribution in [0.3, 0.4) is 0 Å². The lowest BCUT2D eigenvalue weighted by atomic mass is 9.97. The van der Waals surface area contributed by atoms with E-state index in [2.05, 4.69) is 10.3 Å². The molecule has 1 amide bonds. The van der Waals surface area contributed by atoms with E-state index in [4.69, 9.17) is 4.42 Å². The van der Waals surface area contributed by atoms with Crippen molar-refractivity contribution < 1.29 is 13.6 Å². The van der Waals surface area contributed by atoms with Crippen LogP contribution in [0.25, 0.3) is 11.3 Å². The van der Waals surface area contributed by atoms with E-state index < -0.39 is 0 Å². The SMILES string of the molecule is Cc1ccc(C(NC(=O)CCc2ncc(-c3ccccc3F)o2)c2ccccc2)cc1. The van der Waals surface area contributed by atoms with Gasteiger partial charge in [-0.2, -0.15) is 0 Å². The van der Waals surface area contributed by atoms with Crippen LogP contribution in [0.1, 0.15) is 35.0 Å². The molecule has 31 heavy (non-hydrogen) atoms. The number of hydrogen-bond donors (Lipinski definition) is 1. The Bertz CT molecular complexity index is 1150. The molecule has 0 aliphatic heterocycles. The molecule has 0 saturated heterocycles. The summed E-state index contributed by atoms with van der Waals surface area (Å²) in [5, 5.41) is 3.12. The molecule has 1 heterocycles. The molecule has 0 fully saturated rings. The number of hydrogen-bond acceptors (Lipinski definition) is 3. The Labute approximate surface area is 180 Å². The zero-order valence-corrected chi connectivity index (χ0v) is 17.2. The van der Waals surface area contributed by atoms with Crippen molar-refractivity contribution in [3.8, 4) is 11.3 Å². The van der Waals surface area contributed by atoms with Crippen LogP contribution in [-0.4, -0.2) is 10.9 Å². The van der Waals surface area contributed by atoms with E-state index in [1.54, 1.807) is 18.2 Å². The van der Waals surface area contributed by atoms with Crippen LogP contribution in [0.15, 0.2) is 89.5 Å². The zero-order chi connectivity index (χ0) is 21.6. The zero-order valence-electron chi connectivity index (χ0n) is 17.2. The molecule has 0 saturated carbocycles. The van der Waals surface area contributed by atoms with Gasteiger partial charge in [0.1, 0.15) is 5.82 Å². The van der Waals surface area contributed by atoms with Crippen LogP contribution < -0.4 is 5.32 Å². The van der Waals surface area contributed by atoms with Gasteiger partial charge in [0.2, 0.25) is 5.91 Å². The lowest BCUT2D eigenvalue weighted by Gasteiger charge is -2.20. The Kier molecular flexibility index (Phi) is 6.22. The number of aromatic nitrogens is 1. The number of carbonyl (C=O) groups excluding carboxylic acids is 1. The molecule has 0 aliphatic rings. The predicted molar refractivity (Wildman–Crippen MR) is 118 cm³/mol. The van der Waals surface area contributed by atoms with Crippen molar-refractivity contribution in [3.63, 3.8) is 0 Å². The molecule has 1 N–H and O–H groups in total. The van der Waals surface area contributed by atoms with Crippen molar-refractivity contribution in [2.24, 2.45) is 0 Å². The second-order valence-corrected chi connectivity index (χ2v) is 7.42. The Morgan fingerprint density at radius 2 is 1.65 bits per heavy atom. The minimum atomic E-state index is -0.369. The Balaban J connectivity index is 1.44. The van der Waals surface area contributed by atoms with E-state index >= 15 is 0 Å². The number of rotatable bonds is 7. The maximum atomic E-state index is 13.9. The topological polar surface area (TPSA) is 55.1 Å². The second-order valence-electron chi connectivity index (χ2n) is 7.42. The average Bonchev–Trinajstić information content (AvgIpc) is 3.26. The molecule has 1 aromatic heterocycles. The van der Waals surface area contributed by atoms with Crippen molar-refractivity contribution >= 4 is 5.91 Å². The third-order valence-corrected chi connectivity index (χ3v) is 5.11. The number of nitrogens with one attached hydrogen (secondary N) is 1. The Hall–Kier alpha value is -3.73. The molecule has 4 rings (SSSR count). The van der Waals surface area contributed by atoms with Gasteiger partial charge in [0.15, 0.2) is 11.7 Å². The molecule has 3 aromatic carbocycles. The fraction of sp³-hybridized carbons (Fsp3) is 0.154. The van der Waals surface area contributed by atoms with Gasteiger partial charge in [-0.25, -0.2) is 9.37 Å². The molecule has 0 radical (unpaired) electrons. The third-order valence-electron chi connectivity index (χ3n) is 5.11. The summed E-state index contributed by atoms with van der Waals surface area (Å²) in [4.78, 5) is 16.9. The van der Waals surface area contributed by atoms with Gasteiger partial charge in [0.25, 0.3) is 0 Å². The highest BCUT2D eigenvalue weighted by atomic mass is 19.1. The Morgan fingerprint density at radius 3 is 2.39 bits per heavy atom. The lowest BCUT2D eigenvalue weighted by molar-refractivity contribution is -0.121. The molecular formula is C26H23FN2O2. The molecule has 4 aromatic rings. The first-order valence-electron chi connectivity index (χ1n) is 10.2. The number of halogens is 1. The highest BCUT2D eigenvalue weighted by Crippen LogP contribution is 2.25. The van der Waals surface area contributed by atoms with Gasteiger partial charge in [-0.05, 0) is 30.2 Å². The molecule has 0 bridgehead atoms. The number of aryl methyl sites for hydroxylation is 2. The van der Waals surface area contributed by atoms with Gasteiger partial charge >= 0.3 is 0 Å². The first-order valence-corrected chi connectivity index (χ1v) is 10.2. The minimum absolute atomic E-state index is 0.111. The summed E-state index contributed by atoms with van der Waals surface area (Å²) in [6, 6.07) is 24.1. The van der Waals surface area contributed by atoms with E-state index in [1.165, 1.54) is 12.3 Å². The Morgan fingerprint density at radius 1 is 0.968 bits per heavy atom. The third kappa shape index (κ3) is 5.07. The highest BCUT2D eigenvalue weighted by molar-refractivity contribution is 5.77. The normalized spacial score (nSPS) is 11.8. The van der Waals surface area contributed by atoms with Crippen molar-refractivity contribution in [3.05, 3.63) is 113 Å². The molecular weight excluding hydrogens is 391 g/mol. The van der Waals surface area contributed by atoms with Crippen LogP contribution in [0.2, 0.25) is 0 Å². The van der Waals surface area contributed by atoms with Crippen molar-refractivity contribution in [1.29, 1.82) is 0 Å². The predicted octanol–water partition coefficient (Wildman–Crippen LogP) is 5.63. The smallest absolute Gasteiger partial charge is 0.221 e. The summed E-state index contributed by atoms with van der Waals surface area (Å²) >= 11 is 0. The summed E-state index contributed by atoms with van der Waals surface area (Å²) in [5.74, 6) is 0.280. The van der Waals surface area contributed by atoms with Gasteiger partial charge in [0, 0.05) is 12.8 Å². The van der Waals surface area contributed by atoms with Crippen molar-refractivity contribution in [2.75, 3.05) is 0 Å². The van der Waals surface area contributed by atoms with Crippen LogP contribution in [0, 0.1) is 12.7 Å². The van der Waals surface area contributed by atoms with Crippen LogP contribution in [-0.2, 0) is 11.2 Å². The van der Waals surface area contributed by atoms with Crippen LogP contribution in [0.5, 0.6) is 0 Å². The van der Waals surface area contributed by atoms with E-state index in [-0.39, 0.29) is 24.2 Å². The van der Waals surface area contributed by atoms with Gasteiger partial charge in [-0.15, -0.1) is 0 Å². The molecule has 1 atom stereocenters. The first kappa shape index (κ1) is 20.5. The van der Waals surface area contributed by atoms with E-state index in [1.807, 2.05) is 61.5 Å². The summed E-state index contributed by atoms with van der Waals surface area (Å²) in [6.07, 6.45) is 2.03. The van der Waals surface area contributed by atoms with E-state index in [0.717, 1.165) is 16.7 Å². The largest absolute Gasteiger partial charge is 0.441 e. The maximum Gasteiger partial charge on any atom is 0.221 e. The van der Waals surface area contributed by atoms with Gasteiger partial charge in [-0.3, -0.25) is 4.79 Å². The van der Waals surface area contributed by atoms with Gasteiger partial charge in [0.05, 0.1) is 17.8 Å². The molecule has 4 nitrogen and oxygen atoms in total. The van der Waals surface area contributed by atoms with Crippen LogP contribution >= 0.6 is 0 Å². The fourth-order valence-corrected chi connectivity index (χ4v) is 3.43. The monoisotopic (exact) mass is 414 g/mol. The molecule has 5 heteroatoms. The number of benzene rings is 3. The standard InChI is InChI=1S/C26H23FN2O2/c1-18-11-13-20(14-12-18)26(19-7-3-2-4-8-19)29-24(30)15-16-25-28-17-23(31-25)21-9-5-6-10-22(21)27/h2-14,17,26H,15-16H2,1H3,(H,29,30). The lowest BCUT2D eigenvalue weighted by Crippen LogP contribution is -2.29. The van der Waals surface area contributed by atoms with Gasteiger partial charge < -0.3 is 9.73 Å². The fourth-order valence-electron chi connectivity index (χ4n) is 3.43. The number of amides is 1. The molecule has 0 aliphatic carbocycles. The number of oxazole rings is 1. The summed E-state index contributed by atoms with van der Waals surface area (Å²) < 4.78 is 19.6. The number of carbonyl (C=O) groups is 1. The quantitative estimate of drug-likeness (QED) is 0.427. The first-order chi connectivity index (χ1) is 15.1. The molecule has 0 spiro atoms. The minimum Gasteiger partial charge on any atom is -0.441 e. The van der Waals surface area contributed by atoms with Crippen molar-refractivity contribution in [2.45, 2.75) is 25.8 Å². The van der Waals surface area contributed by atoms with E-state index in [0.29, 0.717) is 23.6 Å². The van der Waals surface area contributed by atoms with E-state index in [9.17, 15) is 9.18 Å². The van der Waals surface area contributed by atoms with Crippen molar-refractivity contribution in [1.82, 2.24) is 10.3 Å². The van der Waals surface area contributed by atoms with Crippen LogP contribution in [0.4, 0.5) is 4.39 Å². The molecule has 156 valence electrons. The van der Waals surface area contributed by atoms with Gasteiger partial charge in [-0.1, -0.05) is 72.3 Å². The average molecular weight is 414 g/mol. The highest BCUT2D eigenvalue weighted by Gasteiger charge is 2.18. The summed E-state index contributed by atoms with van der Waals surface area (Å²) in [6.45, 7) is 2.03. The summed E-state index contributed by atoms with van der Waals surface area (Å²) in [7, 11) is 0. The summed E-state index contributed by atoms with van der Waals surface area (Å²) in [5.41, 5.74) is 3.55. The maximum absolute atomic E-state index is 13.9. The number of nitrogens with zero attached hydrogens (tertiary/aromatic N) is 1. The molecule has 1 unspecified atom stereocenters. The second kappa shape index (κ2) is 9.39.